The van der Waals surface area contributed by atoms with Crippen LogP contribution in [0.4, 0.5) is 4.39 Å². The Balaban J connectivity index is 2.02. The Bertz CT molecular complexity index is 636. The number of methoxy groups -OCH3 is 1. The average molecular weight is 373 g/mol. The number of rotatable bonds is 5. The quantitative estimate of drug-likeness (QED) is 0.788. The highest BCUT2D eigenvalue weighted by Crippen LogP contribution is 2.28. The lowest BCUT2D eigenvalue weighted by atomic mass is 10.1. The minimum Gasteiger partial charge on any atom is -0.496 e. The highest BCUT2D eigenvalue weighted by molar-refractivity contribution is 9.10. The molecule has 0 fully saturated rings. The third-order valence-corrected chi connectivity index (χ3v) is 4.18. The van der Waals surface area contributed by atoms with Crippen molar-refractivity contribution >= 4 is 27.5 Å². The summed E-state index contributed by atoms with van der Waals surface area (Å²) in [4.78, 5) is 0. The number of hydrogen-bond donors (Lipinski definition) is 1. The van der Waals surface area contributed by atoms with E-state index in [1.54, 1.807) is 19.2 Å². The normalized spacial score (nSPS) is 12.2. The molecule has 0 heterocycles. The molecule has 0 aliphatic carbocycles. The molecule has 0 aliphatic rings. The molecule has 2 nitrogen and oxygen atoms in total. The van der Waals surface area contributed by atoms with Crippen LogP contribution in [0.25, 0.3) is 0 Å². The van der Waals surface area contributed by atoms with Crippen molar-refractivity contribution in [3.05, 3.63) is 62.8 Å². The van der Waals surface area contributed by atoms with Crippen molar-refractivity contribution in [3.63, 3.8) is 0 Å². The van der Waals surface area contributed by atoms with Crippen LogP contribution in [-0.2, 0) is 6.54 Å². The molecule has 2 rings (SSSR count). The molecule has 5 heteroatoms. The van der Waals surface area contributed by atoms with E-state index in [2.05, 4.69) is 28.2 Å². The van der Waals surface area contributed by atoms with E-state index < -0.39 is 5.82 Å². The summed E-state index contributed by atoms with van der Waals surface area (Å²) >= 11 is 9.25. The first-order valence-electron chi connectivity index (χ1n) is 6.52. The molecule has 0 spiro atoms. The summed E-state index contributed by atoms with van der Waals surface area (Å²) < 4.78 is 19.2. The Morgan fingerprint density at radius 3 is 2.67 bits per heavy atom. The first kappa shape index (κ1) is 16.3. The van der Waals surface area contributed by atoms with Crippen molar-refractivity contribution in [2.75, 3.05) is 7.11 Å². The van der Waals surface area contributed by atoms with Crippen LogP contribution < -0.4 is 10.1 Å². The Hall–Kier alpha value is -1.10. The number of benzene rings is 2. The molecule has 0 radical (unpaired) electrons. The van der Waals surface area contributed by atoms with E-state index in [1.807, 2.05) is 18.2 Å². The fourth-order valence-electron chi connectivity index (χ4n) is 1.99. The Morgan fingerprint density at radius 1 is 1.29 bits per heavy atom. The van der Waals surface area contributed by atoms with Gasteiger partial charge in [-0.25, -0.2) is 4.39 Å². The molecule has 0 saturated heterocycles. The van der Waals surface area contributed by atoms with Crippen molar-refractivity contribution in [1.29, 1.82) is 0 Å². The SMILES string of the molecule is COc1ccc(C(C)NCc2ccc(F)c(Cl)c2)cc1Br. The summed E-state index contributed by atoms with van der Waals surface area (Å²) in [6.45, 7) is 2.68. The maximum atomic E-state index is 13.1. The topological polar surface area (TPSA) is 21.3 Å². The molecule has 2 aromatic rings. The molecule has 0 aromatic heterocycles. The fourth-order valence-corrected chi connectivity index (χ4v) is 2.75. The van der Waals surface area contributed by atoms with Gasteiger partial charge in [0.2, 0.25) is 0 Å². The molecule has 0 aliphatic heterocycles. The molecular formula is C16H16BrClFNO. The molecule has 112 valence electrons. The van der Waals surface area contributed by atoms with Crippen LogP contribution in [0.3, 0.4) is 0 Å². The number of ether oxygens (including phenoxy) is 1. The highest BCUT2D eigenvalue weighted by atomic mass is 79.9. The minimum atomic E-state index is -0.396. The molecular weight excluding hydrogens is 357 g/mol. The maximum absolute atomic E-state index is 13.1. The van der Waals surface area contributed by atoms with E-state index in [4.69, 9.17) is 16.3 Å². The zero-order valence-corrected chi connectivity index (χ0v) is 14.1. The van der Waals surface area contributed by atoms with Gasteiger partial charge < -0.3 is 10.1 Å². The predicted octanol–water partition coefficient (Wildman–Crippen LogP) is 5.10. The number of nitrogens with one attached hydrogen (secondary N) is 1. The second-order valence-electron chi connectivity index (χ2n) is 4.75. The summed E-state index contributed by atoms with van der Waals surface area (Å²) in [5.74, 6) is 0.406. The van der Waals surface area contributed by atoms with Gasteiger partial charge in [-0.2, -0.15) is 0 Å². The monoisotopic (exact) mass is 371 g/mol. The standard InChI is InChI=1S/C16H16BrClFNO/c1-10(12-4-6-16(21-2)13(17)8-12)20-9-11-3-5-15(19)14(18)7-11/h3-8,10,20H,9H2,1-2H3. The largest absolute Gasteiger partial charge is 0.496 e. The zero-order valence-electron chi connectivity index (χ0n) is 11.8. The Labute approximate surface area is 137 Å². The molecule has 0 saturated carbocycles. The van der Waals surface area contributed by atoms with E-state index in [0.29, 0.717) is 6.54 Å². The van der Waals surface area contributed by atoms with Gasteiger partial charge in [-0.3, -0.25) is 0 Å². The third kappa shape index (κ3) is 4.19. The lowest BCUT2D eigenvalue weighted by molar-refractivity contribution is 0.411. The van der Waals surface area contributed by atoms with Gasteiger partial charge in [0.15, 0.2) is 0 Å². The molecule has 21 heavy (non-hydrogen) atoms. The van der Waals surface area contributed by atoms with Gasteiger partial charge in [0.1, 0.15) is 11.6 Å². The fraction of sp³-hybridized carbons (Fsp3) is 0.250. The van der Waals surface area contributed by atoms with E-state index in [0.717, 1.165) is 21.3 Å². The Kier molecular flexibility index (Phi) is 5.62. The molecule has 0 bridgehead atoms. The van der Waals surface area contributed by atoms with Crippen LogP contribution in [0.1, 0.15) is 24.1 Å². The van der Waals surface area contributed by atoms with Gasteiger partial charge >= 0.3 is 0 Å². The maximum Gasteiger partial charge on any atom is 0.141 e. The second kappa shape index (κ2) is 7.25. The predicted molar refractivity (Wildman–Crippen MR) is 87.4 cm³/mol. The number of hydrogen-bond acceptors (Lipinski definition) is 2. The summed E-state index contributed by atoms with van der Waals surface area (Å²) in [7, 11) is 1.64. The third-order valence-electron chi connectivity index (χ3n) is 3.27. The summed E-state index contributed by atoms with van der Waals surface area (Å²) in [6, 6.07) is 10.9. The van der Waals surface area contributed by atoms with Crippen molar-refractivity contribution < 1.29 is 9.13 Å². The van der Waals surface area contributed by atoms with Gasteiger partial charge in [-0.1, -0.05) is 23.7 Å². The van der Waals surface area contributed by atoms with E-state index in [9.17, 15) is 4.39 Å². The zero-order chi connectivity index (χ0) is 15.4. The van der Waals surface area contributed by atoms with Crippen molar-refractivity contribution in [2.45, 2.75) is 19.5 Å². The lowest BCUT2D eigenvalue weighted by Crippen LogP contribution is -2.18. The minimum absolute atomic E-state index is 0.147. The van der Waals surface area contributed by atoms with Gasteiger partial charge in [0.25, 0.3) is 0 Å². The number of halogens is 3. The smallest absolute Gasteiger partial charge is 0.141 e. The van der Waals surface area contributed by atoms with E-state index in [1.165, 1.54) is 6.07 Å². The highest BCUT2D eigenvalue weighted by Gasteiger charge is 2.09. The van der Waals surface area contributed by atoms with Crippen LogP contribution in [0, 0.1) is 5.82 Å². The van der Waals surface area contributed by atoms with Gasteiger partial charge in [0, 0.05) is 12.6 Å². The van der Waals surface area contributed by atoms with Crippen molar-refractivity contribution in [3.8, 4) is 5.75 Å². The summed E-state index contributed by atoms with van der Waals surface area (Å²) in [5, 5.41) is 3.53. The van der Waals surface area contributed by atoms with Crippen molar-refractivity contribution in [1.82, 2.24) is 5.32 Å². The lowest BCUT2D eigenvalue weighted by Gasteiger charge is -2.16. The van der Waals surface area contributed by atoms with Crippen LogP contribution in [-0.4, -0.2) is 7.11 Å². The van der Waals surface area contributed by atoms with Gasteiger partial charge in [-0.15, -0.1) is 0 Å². The van der Waals surface area contributed by atoms with E-state index >= 15 is 0 Å². The second-order valence-corrected chi connectivity index (χ2v) is 6.01. The van der Waals surface area contributed by atoms with Crippen LogP contribution in [0.2, 0.25) is 5.02 Å². The first-order chi connectivity index (χ1) is 10.0. The molecule has 0 amide bonds. The van der Waals surface area contributed by atoms with Crippen LogP contribution in [0.5, 0.6) is 5.75 Å². The molecule has 2 aromatic carbocycles. The molecule has 1 N–H and O–H groups in total. The van der Waals surface area contributed by atoms with Crippen LogP contribution >= 0.6 is 27.5 Å². The van der Waals surface area contributed by atoms with Crippen LogP contribution in [0.15, 0.2) is 40.9 Å². The van der Waals surface area contributed by atoms with E-state index in [-0.39, 0.29) is 11.1 Å². The van der Waals surface area contributed by atoms with Crippen molar-refractivity contribution in [2.24, 2.45) is 0 Å². The van der Waals surface area contributed by atoms with Gasteiger partial charge in [-0.05, 0) is 58.2 Å². The van der Waals surface area contributed by atoms with Gasteiger partial charge in [0.05, 0.1) is 16.6 Å². The summed E-state index contributed by atoms with van der Waals surface area (Å²) in [6.07, 6.45) is 0. The Morgan fingerprint density at radius 2 is 2.05 bits per heavy atom. The molecule has 1 atom stereocenters. The summed E-state index contributed by atoms with van der Waals surface area (Å²) in [5.41, 5.74) is 2.08. The average Bonchev–Trinajstić information content (AvgIpc) is 2.48. The molecule has 1 unspecified atom stereocenters. The first-order valence-corrected chi connectivity index (χ1v) is 7.69.